The van der Waals surface area contributed by atoms with E-state index in [-0.39, 0.29) is 0 Å². The lowest BCUT2D eigenvalue weighted by Crippen LogP contribution is -2.29. The zero-order valence-electron chi connectivity index (χ0n) is 25.8. The Balaban J connectivity index is 1.30. The summed E-state index contributed by atoms with van der Waals surface area (Å²) in [6.07, 6.45) is 2.70. The van der Waals surface area contributed by atoms with Crippen molar-refractivity contribution in [2.45, 2.75) is 44.3 Å². The minimum Gasteiger partial charge on any atom is -0.373 e. The first-order chi connectivity index (χ1) is 22.1. The van der Waals surface area contributed by atoms with Crippen molar-refractivity contribution in [1.29, 1.82) is 0 Å². The second-order valence-corrected chi connectivity index (χ2v) is 13.3. The van der Waals surface area contributed by atoms with Gasteiger partial charge in [0.05, 0.1) is 30.8 Å². The van der Waals surface area contributed by atoms with Crippen LogP contribution in [0.25, 0.3) is 33.0 Å². The summed E-state index contributed by atoms with van der Waals surface area (Å²) in [6.45, 7) is 6.26. The molecule has 0 amide bonds. The van der Waals surface area contributed by atoms with E-state index in [9.17, 15) is 0 Å². The van der Waals surface area contributed by atoms with E-state index in [1.54, 1.807) is 0 Å². The Bertz CT molecular complexity index is 2020. The second-order valence-electron chi connectivity index (χ2n) is 13.3. The highest BCUT2D eigenvalue weighted by atomic mass is 16.6. The first kappa shape index (κ1) is 26.9. The Hall–Kier alpha value is -4.50. The lowest BCUT2D eigenvalue weighted by molar-refractivity contribution is 0.407. The number of ether oxygens (including phenoxy) is 2. The highest BCUT2D eigenvalue weighted by Crippen LogP contribution is 2.57. The van der Waals surface area contributed by atoms with E-state index in [0.29, 0.717) is 12.2 Å². The highest BCUT2D eigenvalue weighted by Gasteiger charge is 2.46. The molecule has 6 aromatic rings. The molecule has 0 aromatic heterocycles. The zero-order valence-corrected chi connectivity index (χ0v) is 25.8. The summed E-state index contributed by atoms with van der Waals surface area (Å²) in [7, 11) is 0. The number of epoxide rings is 2. The SMILES string of the molecule is Cc1ccc2c(c1)C(c1ccc(CC3CO3)cc1)(c1ccc(CC3CO3)cc1)c1cc(C)c(-c3cccc4ccccc34)cc1-2. The van der Waals surface area contributed by atoms with Crippen molar-refractivity contribution in [3.05, 3.63) is 166 Å². The third-order valence-electron chi connectivity index (χ3n) is 10.2. The number of benzene rings is 6. The summed E-state index contributed by atoms with van der Waals surface area (Å²) in [5.74, 6) is 0. The van der Waals surface area contributed by atoms with Gasteiger partial charge in [-0.2, -0.15) is 0 Å². The average Bonchev–Trinajstić information content (AvgIpc) is 4.01. The van der Waals surface area contributed by atoms with Crippen LogP contribution in [-0.2, 0) is 27.7 Å². The molecular formula is C43H36O2. The van der Waals surface area contributed by atoms with Crippen molar-refractivity contribution in [1.82, 2.24) is 0 Å². The molecule has 2 heteroatoms. The molecule has 3 aliphatic rings. The van der Waals surface area contributed by atoms with E-state index in [2.05, 4.69) is 135 Å². The van der Waals surface area contributed by atoms with Gasteiger partial charge in [-0.3, -0.25) is 0 Å². The number of aryl methyl sites for hydroxylation is 2. The summed E-state index contributed by atoms with van der Waals surface area (Å²) in [6, 6.07) is 46.2. The number of rotatable bonds is 7. The standard InChI is InChI=1S/C43H36O2/c1-27-10-19-38-40-24-39(37-9-5-7-31-6-3-4-8-36(31)37)28(2)21-42(40)43(41(38)20-27,32-15-11-29(12-16-32)22-34-25-44-34)33-17-13-30(14-18-33)23-35-26-45-35/h3-21,24,34-35H,22-23,25-26H2,1-2H3. The van der Waals surface area contributed by atoms with Gasteiger partial charge >= 0.3 is 0 Å². The Morgan fingerprint density at radius 3 is 1.80 bits per heavy atom. The number of hydrogen-bond acceptors (Lipinski definition) is 2. The molecule has 9 rings (SSSR count). The smallest absolute Gasteiger partial charge is 0.0850 e. The van der Waals surface area contributed by atoms with Gasteiger partial charge in [-0.25, -0.2) is 0 Å². The van der Waals surface area contributed by atoms with Gasteiger partial charge in [-0.1, -0.05) is 121 Å². The van der Waals surface area contributed by atoms with Crippen molar-refractivity contribution in [2.75, 3.05) is 13.2 Å². The maximum atomic E-state index is 5.56. The van der Waals surface area contributed by atoms with Crippen LogP contribution in [0.1, 0.15) is 44.5 Å². The van der Waals surface area contributed by atoms with Gasteiger partial charge in [-0.05, 0) is 91.9 Å². The second kappa shape index (κ2) is 10.3. The summed E-state index contributed by atoms with van der Waals surface area (Å²) in [5, 5.41) is 2.57. The van der Waals surface area contributed by atoms with Gasteiger partial charge in [0.2, 0.25) is 0 Å². The van der Waals surface area contributed by atoms with Gasteiger partial charge in [0, 0.05) is 12.8 Å². The van der Waals surface area contributed by atoms with Crippen LogP contribution < -0.4 is 0 Å². The quantitative estimate of drug-likeness (QED) is 0.174. The Morgan fingerprint density at radius 2 is 1.16 bits per heavy atom. The molecule has 0 saturated carbocycles. The van der Waals surface area contributed by atoms with Gasteiger partial charge in [0.25, 0.3) is 0 Å². The van der Waals surface area contributed by atoms with Crippen molar-refractivity contribution >= 4 is 10.8 Å². The molecule has 0 radical (unpaired) electrons. The van der Waals surface area contributed by atoms with Crippen LogP contribution in [0.15, 0.2) is 121 Å². The van der Waals surface area contributed by atoms with E-state index in [1.165, 1.54) is 77.5 Å². The number of hydrogen-bond donors (Lipinski definition) is 0. The predicted octanol–water partition coefficient (Wildman–Crippen LogP) is 9.37. The van der Waals surface area contributed by atoms with Gasteiger partial charge in [-0.15, -0.1) is 0 Å². The summed E-state index contributed by atoms with van der Waals surface area (Å²) >= 11 is 0. The highest BCUT2D eigenvalue weighted by molar-refractivity contribution is 5.99. The molecule has 2 atom stereocenters. The molecule has 2 unspecified atom stereocenters. The van der Waals surface area contributed by atoms with Gasteiger partial charge in [0.15, 0.2) is 0 Å². The van der Waals surface area contributed by atoms with Gasteiger partial charge in [0.1, 0.15) is 0 Å². The lowest BCUT2D eigenvalue weighted by Gasteiger charge is -2.34. The zero-order chi connectivity index (χ0) is 30.1. The molecule has 220 valence electrons. The monoisotopic (exact) mass is 584 g/mol. The van der Waals surface area contributed by atoms with Crippen LogP contribution >= 0.6 is 0 Å². The molecule has 2 saturated heterocycles. The van der Waals surface area contributed by atoms with Crippen molar-refractivity contribution < 1.29 is 9.47 Å². The molecule has 0 bridgehead atoms. The fourth-order valence-electron chi connectivity index (χ4n) is 7.81. The van der Waals surface area contributed by atoms with Crippen molar-refractivity contribution in [2.24, 2.45) is 0 Å². The summed E-state index contributed by atoms with van der Waals surface area (Å²) < 4.78 is 11.1. The first-order valence-electron chi connectivity index (χ1n) is 16.2. The van der Waals surface area contributed by atoms with E-state index in [0.717, 1.165) is 26.1 Å². The molecule has 2 aliphatic heterocycles. The third-order valence-corrected chi connectivity index (χ3v) is 10.2. The lowest BCUT2D eigenvalue weighted by atomic mass is 9.67. The Morgan fingerprint density at radius 1 is 0.556 bits per heavy atom. The predicted molar refractivity (Wildman–Crippen MR) is 183 cm³/mol. The normalized spacial score (nSPS) is 21.0. The van der Waals surface area contributed by atoms with Crippen molar-refractivity contribution in [3.8, 4) is 22.3 Å². The van der Waals surface area contributed by atoms with Crippen LogP contribution in [0.3, 0.4) is 0 Å². The van der Waals surface area contributed by atoms with Crippen molar-refractivity contribution in [3.63, 3.8) is 0 Å². The van der Waals surface area contributed by atoms with Crippen LogP contribution in [-0.4, -0.2) is 25.4 Å². The molecule has 2 fully saturated rings. The third kappa shape index (κ3) is 4.47. The van der Waals surface area contributed by atoms with E-state index in [4.69, 9.17) is 9.47 Å². The Labute approximate surface area is 265 Å². The fraction of sp³-hybridized carbons (Fsp3) is 0.209. The van der Waals surface area contributed by atoms with Crippen LogP contribution in [0, 0.1) is 13.8 Å². The van der Waals surface area contributed by atoms with Crippen LogP contribution in [0.4, 0.5) is 0 Å². The summed E-state index contributed by atoms with van der Waals surface area (Å²) in [4.78, 5) is 0. The Kier molecular flexibility index (Phi) is 6.13. The maximum absolute atomic E-state index is 5.56. The molecule has 1 aliphatic carbocycles. The summed E-state index contributed by atoms with van der Waals surface area (Å²) in [5.41, 5.74) is 15.4. The molecule has 2 nitrogen and oxygen atoms in total. The van der Waals surface area contributed by atoms with Gasteiger partial charge < -0.3 is 9.47 Å². The molecule has 45 heavy (non-hydrogen) atoms. The van der Waals surface area contributed by atoms with E-state index in [1.807, 2.05) is 0 Å². The molecule has 2 heterocycles. The molecule has 6 aromatic carbocycles. The van der Waals surface area contributed by atoms with Crippen LogP contribution in [0.2, 0.25) is 0 Å². The minimum atomic E-state index is -0.429. The number of fused-ring (bicyclic) bond motifs is 4. The largest absolute Gasteiger partial charge is 0.373 e. The molecular weight excluding hydrogens is 548 g/mol. The maximum Gasteiger partial charge on any atom is 0.0850 e. The molecule has 0 spiro atoms. The van der Waals surface area contributed by atoms with E-state index < -0.39 is 5.41 Å². The molecule has 0 N–H and O–H groups in total. The first-order valence-corrected chi connectivity index (χ1v) is 16.2. The van der Waals surface area contributed by atoms with E-state index >= 15 is 0 Å². The fourth-order valence-corrected chi connectivity index (χ4v) is 7.81. The topological polar surface area (TPSA) is 25.1 Å². The van der Waals surface area contributed by atoms with Crippen LogP contribution in [0.5, 0.6) is 0 Å². The average molecular weight is 585 g/mol. The minimum absolute atomic E-state index is 0.374.